The van der Waals surface area contributed by atoms with Gasteiger partial charge in [-0.2, -0.15) is 0 Å². The van der Waals surface area contributed by atoms with Crippen LogP contribution in [0.1, 0.15) is 30.1 Å². The number of aromatic nitrogens is 1. The van der Waals surface area contributed by atoms with Crippen LogP contribution in [-0.2, 0) is 14.3 Å². The first kappa shape index (κ1) is 24.0. The number of nitrogens with one attached hydrogen (secondary N) is 1. The minimum Gasteiger partial charge on any atom is -0.494 e. The molecular weight excluding hydrogens is 424 g/mol. The summed E-state index contributed by atoms with van der Waals surface area (Å²) in [5.41, 5.74) is 0.410. The van der Waals surface area contributed by atoms with E-state index in [4.69, 9.17) is 9.47 Å². The molecule has 9 nitrogen and oxygen atoms in total. The summed E-state index contributed by atoms with van der Waals surface area (Å²) in [5, 5.41) is 2.50. The van der Waals surface area contributed by atoms with Gasteiger partial charge in [0.25, 0.3) is 11.8 Å². The van der Waals surface area contributed by atoms with Crippen LogP contribution < -0.4 is 15.0 Å². The van der Waals surface area contributed by atoms with Crippen molar-refractivity contribution in [3.8, 4) is 5.75 Å². The van der Waals surface area contributed by atoms with Crippen LogP contribution in [0.4, 0.5) is 5.82 Å². The molecule has 1 N–H and O–H groups in total. The first-order valence-corrected chi connectivity index (χ1v) is 11.2. The minimum atomic E-state index is -0.664. The van der Waals surface area contributed by atoms with Crippen molar-refractivity contribution in [2.45, 2.75) is 19.8 Å². The number of pyridine rings is 1. The number of benzene rings is 1. The number of carbonyl (C=O) groups excluding carboxylic acids is 3. The zero-order valence-corrected chi connectivity index (χ0v) is 18.9. The van der Waals surface area contributed by atoms with Gasteiger partial charge >= 0.3 is 5.97 Å². The second-order valence-corrected chi connectivity index (χ2v) is 7.63. The molecule has 3 rings (SSSR count). The highest BCUT2D eigenvalue weighted by molar-refractivity contribution is 5.96. The molecule has 1 aliphatic rings. The second-order valence-electron chi connectivity index (χ2n) is 7.63. The van der Waals surface area contributed by atoms with Crippen LogP contribution in [0.25, 0.3) is 0 Å². The molecule has 0 spiro atoms. The van der Waals surface area contributed by atoms with Crippen molar-refractivity contribution < 1.29 is 23.9 Å². The van der Waals surface area contributed by atoms with Gasteiger partial charge in [-0.1, -0.05) is 19.4 Å². The Morgan fingerprint density at radius 2 is 1.79 bits per heavy atom. The van der Waals surface area contributed by atoms with E-state index in [2.05, 4.69) is 22.1 Å². The third-order valence-electron chi connectivity index (χ3n) is 5.24. The fourth-order valence-corrected chi connectivity index (χ4v) is 3.30. The third kappa shape index (κ3) is 7.48. The van der Waals surface area contributed by atoms with Crippen LogP contribution in [0.2, 0.25) is 0 Å². The van der Waals surface area contributed by atoms with Crippen molar-refractivity contribution in [2.75, 3.05) is 50.8 Å². The summed E-state index contributed by atoms with van der Waals surface area (Å²) in [7, 11) is 0. The number of nitrogens with zero attached hydrogens (tertiary/aromatic N) is 3. The molecule has 0 atom stereocenters. The largest absolute Gasteiger partial charge is 0.494 e. The maximum Gasteiger partial charge on any atom is 0.325 e. The average molecular weight is 455 g/mol. The van der Waals surface area contributed by atoms with Crippen molar-refractivity contribution in [3.63, 3.8) is 0 Å². The third-order valence-corrected chi connectivity index (χ3v) is 5.24. The molecule has 0 saturated carbocycles. The molecule has 0 radical (unpaired) electrons. The Morgan fingerprint density at radius 1 is 1.03 bits per heavy atom. The molecule has 0 bridgehead atoms. The summed E-state index contributed by atoms with van der Waals surface area (Å²) < 4.78 is 10.6. The van der Waals surface area contributed by atoms with Crippen LogP contribution in [0.5, 0.6) is 5.75 Å². The van der Waals surface area contributed by atoms with Gasteiger partial charge in [-0.15, -0.1) is 0 Å². The minimum absolute atomic E-state index is 0.256. The Morgan fingerprint density at radius 3 is 2.45 bits per heavy atom. The smallest absolute Gasteiger partial charge is 0.325 e. The maximum atomic E-state index is 12.3. The van der Waals surface area contributed by atoms with E-state index in [-0.39, 0.29) is 19.1 Å². The predicted octanol–water partition coefficient (Wildman–Crippen LogP) is 1.88. The molecule has 0 aliphatic carbocycles. The lowest BCUT2D eigenvalue weighted by atomic mass is 10.2. The summed E-state index contributed by atoms with van der Waals surface area (Å²) in [6.45, 7) is 4.44. The van der Waals surface area contributed by atoms with Gasteiger partial charge in [-0.25, -0.2) is 4.98 Å². The lowest BCUT2D eigenvalue weighted by molar-refractivity contribution is -0.151. The Bertz CT molecular complexity index is 912. The number of hydrogen-bond acceptors (Lipinski definition) is 7. The van der Waals surface area contributed by atoms with Gasteiger partial charge < -0.3 is 24.6 Å². The first-order valence-electron chi connectivity index (χ1n) is 11.2. The predicted molar refractivity (Wildman–Crippen MR) is 123 cm³/mol. The van der Waals surface area contributed by atoms with E-state index in [9.17, 15) is 14.4 Å². The summed E-state index contributed by atoms with van der Waals surface area (Å²) in [4.78, 5) is 44.6. The molecule has 1 aliphatic heterocycles. The number of esters is 1. The maximum absolute atomic E-state index is 12.3. The number of rotatable bonds is 10. The number of piperazine rings is 1. The van der Waals surface area contributed by atoms with Gasteiger partial charge in [0.2, 0.25) is 0 Å². The molecule has 1 fully saturated rings. The molecule has 1 aromatic carbocycles. The quantitative estimate of drug-likeness (QED) is 0.432. The van der Waals surface area contributed by atoms with Crippen molar-refractivity contribution in [3.05, 3.63) is 54.2 Å². The van der Waals surface area contributed by atoms with Crippen molar-refractivity contribution in [1.82, 2.24) is 15.2 Å². The average Bonchev–Trinajstić information content (AvgIpc) is 2.87. The first-order chi connectivity index (χ1) is 16.1. The summed E-state index contributed by atoms with van der Waals surface area (Å²) in [6, 6.07) is 12.4. The molecule has 0 unspecified atom stereocenters. The number of carbonyl (C=O) groups is 3. The van der Waals surface area contributed by atoms with Gasteiger partial charge in [0, 0.05) is 37.9 Å². The molecule has 2 heterocycles. The number of unbranched alkanes of at least 4 members (excludes halogenated alkanes) is 1. The Hall–Kier alpha value is -3.62. The fourth-order valence-electron chi connectivity index (χ4n) is 3.30. The summed E-state index contributed by atoms with van der Waals surface area (Å²) >= 11 is 0. The van der Waals surface area contributed by atoms with Crippen LogP contribution in [0, 0.1) is 0 Å². The van der Waals surface area contributed by atoms with Gasteiger partial charge in [-0.05, 0) is 42.8 Å². The molecular formula is C24H30N4O5. The van der Waals surface area contributed by atoms with Crippen LogP contribution in [0.3, 0.4) is 0 Å². The number of amides is 2. The zero-order chi connectivity index (χ0) is 23.5. The number of ether oxygens (including phenoxy) is 2. The van der Waals surface area contributed by atoms with Crippen LogP contribution in [-0.4, -0.2) is 73.6 Å². The Balaban J connectivity index is 1.34. The SMILES string of the molecule is CCCCOc1ccc(C(=O)NCC(=O)OCC(=O)N2CCN(c3ccccn3)CC2)cc1. The van der Waals surface area contributed by atoms with E-state index < -0.39 is 11.9 Å². The lowest BCUT2D eigenvalue weighted by Gasteiger charge is -2.35. The molecule has 1 saturated heterocycles. The monoisotopic (exact) mass is 454 g/mol. The van der Waals surface area contributed by atoms with Crippen LogP contribution in [0.15, 0.2) is 48.7 Å². The van der Waals surface area contributed by atoms with E-state index >= 15 is 0 Å². The highest BCUT2D eigenvalue weighted by Gasteiger charge is 2.22. The van der Waals surface area contributed by atoms with E-state index in [1.54, 1.807) is 35.4 Å². The number of hydrogen-bond donors (Lipinski definition) is 1. The highest BCUT2D eigenvalue weighted by atomic mass is 16.5. The number of anilines is 1. The van der Waals surface area contributed by atoms with Crippen molar-refractivity contribution >= 4 is 23.6 Å². The standard InChI is InChI=1S/C24H30N4O5/c1-2-3-16-32-20-9-7-19(8-10-20)24(31)26-17-23(30)33-18-22(29)28-14-12-27(13-15-28)21-6-4-5-11-25-21/h4-11H,2-3,12-18H2,1H3,(H,26,31). The van der Waals surface area contributed by atoms with Gasteiger partial charge in [0.1, 0.15) is 18.1 Å². The molecule has 33 heavy (non-hydrogen) atoms. The van der Waals surface area contributed by atoms with E-state index in [1.165, 1.54) is 0 Å². The van der Waals surface area contributed by atoms with E-state index in [0.717, 1.165) is 18.7 Å². The molecule has 2 amide bonds. The lowest BCUT2D eigenvalue weighted by Crippen LogP contribution is -2.50. The summed E-state index contributed by atoms with van der Waals surface area (Å²) in [5.74, 6) is 0.255. The van der Waals surface area contributed by atoms with Gasteiger partial charge in [0.15, 0.2) is 6.61 Å². The molecule has 176 valence electrons. The van der Waals surface area contributed by atoms with Gasteiger partial charge in [0.05, 0.1) is 6.61 Å². The highest BCUT2D eigenvalue weighted by Crippen LogP contribution is 2.13. The van der Waals surface area contributed by atoms with Gasteiger partial charge in [-0.3, -0.25) is 14.4 Å². The normalized spacial score (nSPS) is 13.4. The van der Waals surface area contributed by atoms with E-state index in [1.807, 2.05) is 18.2 Å². The fraction of sp³-hybridized carbons (Fsp3) is 0.417. The molecule has 9 heteroatoms. The zero-order valence-electron chi connectivity index (χ0n) is 18.9. The van der Waals surface area contributed by atoms with Crippen molar-refractivity contribution in [2.24, 2.45) is 0 Å². The van der Waals surface area contributed by atoms with Crippen molar-refractivity contribution in [1.29, 1.82) is 0 Å². The Labute approximate surface area is 193 Å². The summed E-state index contributed by atoms with van der Waals surface area (Å²) in [6.07, 6.45) is 3.75. The van der Waals surface area contributed by atoms with Crippen LogP contribution >= 0.6 is 0 Å². The second kappa shape index (κ2) is 12.4. The Kier molecular flexibility index (Phi) is 9.05. The molecule has 1 aromatic heterocycles. The topological polar surface area (TPSA) is 101 Å². The van der Waals surface area contributed by atoms with E-state index in [0.29, 0.717) is 44.1 Å². The molecule has 2 aromatic rings.